The van der Waals surface area contributed by atoms with Gasteiger partial charge in [-0.25, -0.2) is 9.18 Å². The van der Waals surface area contributed by atoms with Crippen molar-refractivity contribution in [2.45, 2.75) is 196 Å². The second-order valence-electron chi connectivity index (χ2n) is 23.9. The maximum atomic E-state index is 14.8. The van der Waals surface area contributed by atoms with Crippen molar-refractivity contribution in [3.05, 3.63) is 87.7 Å². The lowest BCUT2D eigenvalue weighted by Gasteiger charge is -2.47. The number of likely N-dealkylation sites (tertiary alicyclic amines) is 1. The molecule has 10 rings (SSSR count). The molecule has 1 N–H and O–H groups in total. The molecule has 6 heterocycles. The van der Waals surface area contributed by atoms with Gasteiger partial charge in [-0.1, -0.05) is 129 Å². The third kappa shape index (κ3) is 14.6. The van der Waals surface area contributed by atoms with Crippen molar-refractivity contribution in [1.29, 1.82) is 0 Å². The van der Waals surface area contributed by atoms with Crippen molar-refractivity contribution < 1.29 is 23.5 Å². The smallest absolute Gasteiger partial charge is 0.329 e. The lowest BCUT2D eigenvalue weighted by atomic mass is 9.58. The fraction of sp³-hybridized carbons (Fsp3) is 0.574. The van der Waals surface area contributed by atoms with Crippen LogP contribution >= 0.6 is 0 Å². The quantitative estimate of drug-likeness (QED) is 0.0532. The number of anilines is 1. The molecule has 3 aromatic carbocycles. The van der Waals surface area contributed by atoms with Crippen LogP contribution in [-0.4, -0.2) is 85.9 Å². The number of aryl methyl sites for hydroxylation is 2. The van der Waals surface area contributed by atoms with Crippen LogP contribution in [0.1, 0.15) is 200 Å². The number of fused-ring (bicyclic) bond motifs is 3. The molecule has 442 valence electrons. The summed E-state index contributed by atoms with van der Waals surface area (Å²) in [5.41, 5.74) is 6.98. The van der Waals surface area contributed by atoms with Gasteiger partial charge in [0, 0.05) is 62.4 Å². The standard InChI is InChI=1S/C33H36FN5O.C21H29N3O3.C12H24.C2H4O/c1-5-25-28(34)13-12-23-10-7-11-26(29(23)25)30-22(4)31-27(19-35-30)32(39-16-8-9-21(3)20-39)37-33(36-31)40-24-14-17-38(6-2)18-15-24;1-4-6-9-14(8-5-2)15-10-7-11-16-19(15)23(3)21(27)24(16)17-12-13-18(25)22-20(17)26;1-4-6-8-12(7-5-2)9-11(3)10-12;1-2-3/h1,7,10-13,19,21,24H,6,8-9,14-18,20H2,2-4H3;7,10-11,14,17H,4-6,8-9,12-13H2,1-3H3,(H,22,25,26);11H,4-10H2,1-3H3;2H,1H3. The number of amides is 2. The minimum absolute atomic E-state index is 0.0919. The van der Waals surface area contributed by atoms with Gasteiger partial charge >= 0.3 is 11.7 Å². The van der Waals surface area contributed by atoms with E-state index in [1.807, 2.05) is 43.5 Å². The SMILES string of the molecule is C#Cc1c(F)ccc2cccc(-c3ncc4c(N5CCCC(C)C5)nc(OC5CCN(CC)CC5)nc4c3C)c12.CC=O.CCCCC(CCC)c1cccc2c1n(C)c(=O)n2C1CCC(=O)NC1=O.CCCCC1(CCC)CC(C)C1. The molecule has 3 aliphatic heterocycles. The monoisotopic (exact) mass is 1120 g/mol. The number of unbranched alkanes of at least 4 members (excludes halogenated alkanes) is 2. The number of nitrogens with zero attached hydrogens (tertiary/aromatic N) is 7. The zero-order chi connectivity index (χ0) is 59.1. The fourth-order valence-corrected chi connectivity index (χ4v) is 13.6. The molecule has 3 atom stereocenters. The van der Waals surface area contributed by atoms with Crippen LogP contribution in [0.3, 0.4) is 0 Å². The Balaban J connectivity index is 0.000000197. The first-order valence-corrected chi connectivity index (χ1v) is 31.0. The first-order chi connectivity index (χ1) is 39.6. The zero-order valence-corrected chi connectivity index (χ0v) is 51.1. The number of pyridine rings is 1. The van der Waals surface area contributed by atoms with Gasteiger partial charge in [0.2, 0.25) is 11.8 Å². The molecule has 82 heavy (non-hydrogen) atoms. The minimum atomic E-state index is -0.630. The first-order valence-electron chi connectivity index (χ1n) is 31.0. The number of hydrogen-bond donors (Lipinski definition) is 1. The number of piperidine rings is 3. The van der Waals surface area contributed by atoms with Crippen molar-refractivity contribution in [2.24, 2.45) is 24.3 Å². The Hall–Kier alpha value is -6.46. The van der Waals surface area contributed by atoms with Crippen LogP contribution in [0.2, 0.25) is 0 Å². The third-order valence-corrected chi connectivity index (χ3v) is 17.6. The molecule has 3 unspecified atom stereocenters. The van der Waals surface area contributed by atoms with E-state index in [2.05, 4.69) is 75.6 Å². The number of aldehydes is 1. The molecule has 0 radical (unpaired) electrons. The highest BCUT2D eigenvalue weighted by Crippen LogP contribution is 2.52. The molecule has 1 aliphatic carbocycles. The molecule has 13 nitrogen and oxygen atoms in total. The molecule has 6 aromatic rings. The van der Waals surface area contributed by atoms with E-state index in [4.69, 9.17) is 30.9 Å². The van der Waals surface area contributed by atoms with E-state index in [-0.39, 0.29) is 35.6 Å². The van der Waals surface area contributed by atoms with Crippen LogP contribution in [0, 0.1) is 42.3 Å². The van der Waals surface area contributed by atoms with Gasteiger partial charge in [0.1, 0.15) is 30.1 Å². The average molecular weight is 1120 g/mol. The summed E-state index contributed by atoms with van der Waals surface area (Å²) in [5.74, 6) is 4.39. The Kier molecular flexibility index (Phi) is 22.9. The number of ether oxygens (including phenoxy) is 1. The maximum Gasteiger partial charge on any atom is 0.329 e. The molecular weight excluding hydrogens is 1030 g/mol. The van der Waals surface area contributed by atoms with Crippen molar-refractivity contribution in [3.63, 3.8) is 0 Å². The number of rotatable bonds is 17. The molecule has 4 aliphatic rings. The van der Waals surface area contributed by atoms with E-state index in [1.54, 1.807) is 22.2 Å². The highest BCUT2D eigenvalue weighted by molar-refractivity contribution is 6.03. The number of halogens is 1. The van der Waals surface area contributed by atoms with Crippen LogP contribution in [0.5, 0.6) is 6.01 Å². The van der Waals surface area contributed by atoms with Crippen molar-refractivity contribution >= 4 is 56.6 Å². The van der Waals surface area contributed by atoms with Gasteiger partial charge in [0.25, 0.3) is 0 Å². The molecule has 0 bridgehead atoms. The van der Waals surface area contributed by atoms with E-state index in [0.29, 0.717) is 29.7 Å². The molecule has 4 fully saturated rings. The minimum Gasteiger partial charge on any atom is -0.460 e. The predicted molar refractivity (Wildman–Crippen MR) is 332 cm³/mol. The van der Waals surface area contributed by atoms with Gasteiger partial charge in [-0.2, -0.15) is 9.97 Å². The van der Waals surface area contributed by atoms with Crippen molar-refractivity contribution in [1.82, 2.24) is 34.3 Å². The zero-order valence-electron chi connectivity index (χ0n) is 51.1. The van der Waals surface area contributed by atoms with E-state index in [9.17, 15) is 18.8 Å². The number of imidazole rings is 1. The molecular formula is C68H93FN8O5. The topological polar surface area (TPSA) is 145 Å². The number of imide groups is 1. The van der Waals surface area contributed by atoms with Crippen LogP contribution in [0.15, 0.2) is 59.5 Å². The Labute approximate surface area is 487 Å². The molecule has 14 heteroatoms. The maximum absolute atomic E-state index is 14.8. The van der Waals surface area contributed by atoms with Crippen LogP contribution < -0.4 is 20.6 Å². The highest BCUT2D eigenvalue weighted by Gasteiger charge is 2.40. The highest BCUT2D eigenvalue weighted by atomic mass is 19.1. The lowest BCUT2D eigenvalue weighted by Crippen LogP contribution is -2.44. The Morgan fingerprint density at radius 3 is 2.26 bits per heavy atom. The fourth-order valence-electron chi connectivity index (χ4n) is 13.6. The second-order valence-corrected chi connectivity index (χ2v) is 23.9. The summed E-state index contributed by atoms with van der Waals surface area (Å²) >= 11 is 0. The van der Waals surface area contributed by atoms with Crippen LogP contribution in [0.25, 0.3) is 44.0 Å². The number of hydrogen-bond acceptors (Lipinski definition) is 10. The number of terminal acetylenes is 1. The normalized spacial score (nSPS) is 20.6. The number of nitrogens with one attached hydrogen (secondary N) is 1. The third-order valence-electron chi connectivity index (χ3n) is 17.6. The number of carbonyl (C=O) groups excluding carboxylic acids is 3. The van der Waals surface area contributed by atoms with E-state index < -0.39 is 11.9 Å². The summed E-state index contributed by atoms with van der Waals surface area (Å²) in [6.45, 7) is 24.4. The van der Waals surface area contributed by atoms with Crippen molar-refractivity contribution in [2.75, 3.05) is 37.6 Å². The van der Waals surface area contributed by atoms with E-state index >= 15 is 0 Å². The second kappa shape index (κ2) is 29.7. The van der Waals surface area contributed by atoms with E-state index in [1.165, 1.54) is 69.9 Å². The Bertz CT molecular complexity index is 3230. The number of para-hydroxylation sites is 1. The summed E-state index contributed by atoms with van der Waals surface area (Å²) in [5, 5.41) is 4.85. The molecule has 3 aromatic heterocycles. The predicted octanol–water partition coefficient (Wildman–Crippen LogP) is 14.4. The number of benzene rings is 3. The first kappa shape index (κ1) is 63.1. The van der Waals surface area contributed by atoms with Gasteiger partial charge in [-0.15, -0.1) is 6.42 Å². The van der Waals surface area contributed by atoms with E-state index in [0.717, 1.165) is 152 Å². The van der Waals surface area contributed by atoms with Gasteiger partial charge in [0.15, 0.2) is 0 Å². The van der Waals surface area contributed by atoms with Crippen LogP contribution in [0.4, 0.5) is 10.2 Å². The molecule has 2 amide bonds. The largest absolute Gasteiger partial charge is 0.460 e. The average Bonchev–Trinajstić information content (AvgIpc) is 3.93. The summed E-state index contributed by atoms with van der Waals surface area (Å²) in [4.78, 5) is 65.4. The van der Waals surface area contributed by atoms with Crippen LogP contribution in [-0.2, 0) is 21.4 Å². The summed E-state index contributed by atoms with van der Waals surface area (Å²) in [6, 6.07) is 14.8. The summed E-state index contributed by atoms with van der Waals surface area (Å²) in [6.07, 6.45) is 29.2. The Morgan fingerprint density at radius 2 is 1.61 bits per heavy atom. The molecule has 1 saturated carbocycles. The Morgan fingerprint density at radius 1 is 0.878 bits per heavy atom. The van der Waals surface area contributed by atoms with Gasteiger partial charge in [-0.05, 0) is 137 Å². The van der Waals surface area contributed by atoms with Gasteiger partial charge in [-0.3, -0.25) is 29.0 Å². The molecule has 3 saturated heterocycles. The van der Waals surface area contributed by atoms with Gasteiger partial charge in [0.05, 0.1) is 33.2 Å². The molecule has 0 spiro atoms. The van der Waals surface area contributed by atoms with Crippen molar-refractivity contribution in [3.8, 4) is 29.6 Å². The lowest BCUT2D eigenvalue weighted by molar-refractivity contribution is -0.135. The number of aromatic nitrogens is 5. The summed E-state index contributed by atoms with van der Waals surface area (Å²) in [7, 11) is 1.78. The number of carbonyl (C=O) groups is 3. The summed E-state index contributed by atoms with van der Waals surface area (Å²) < 4.78 is 24.5. The van der Waals surface area contributed by atoms with Gasteiger partial charge < -0.3 is 19.3 Å².